The van der Waals surface area contributed by atoms with Crippen LogP contribution in [0.3, 0.4) is 0 Å². The Bertz CT molecular complexity index is 307. The minimum atomic E-state index is -0.0165. The third kappa shape index (κ3) is 2.82. The molecule has 1 fully saturated rings. The molecule has 0 aliphatic carbocycles. The van der Waals surface area contributed by atoms with Crippen molar-refractivity contribution in [3.05, 3.63) is 18.0 Å². The van der Waals surface area contributed by atoms with Gasteiger partial charge in [-0.25, -0.2) is 0 Å². The van der Waals surface area contributed by atoms with E-state index in [1.165, 1.54) is 0 Å². The van der Waals surface area contributed by atoms with Crippen LogP contribution in [-0.4, -0.2) is 35.9 Å². The van der Waals surface area contributed by atoms with Crippen LogP contribution in [0.5, 0.6) is 0 Å². The fourth-order valence-corrected chi connectivity index (χ4v) is 2.23. The Hall–Kier alpha value is -1.36. The molecule has 1 unspecified atom stereocenters. The third-order valence-electron chi connectivity index (χ3n) is 3.13. The Morgan fingerprint density at radius 1 is 1.56 bits per heavy atom. The minimum Gasteiger partial charge on any atom is -0.464 e. The van der Waals surface area contributed by atoms with Crippen molar-refractivity contribution in [2.24, 2.45) is 5.92 Å². The first kappa shape index (κ1) is 11.1. The number of aromatic amines is 1. The molecule has 0 spiro atoms. The molecule has 1 saturated heterocycles. The highest BCUT2D eigenvalue weighted by molar-refractivity contribution is 5.37. The largest absolute Gasteiger partial charge is 0.464 e. The van der Waals surface area contributed by atoms with Gasteiger partial charge >= 0.3 is 0 Å². The van der Waals surface area contributed by atoms with Crippen molar-refractivity contribution in [3.8, 4) is 0 Å². The normalized spacial score (nSPS) is 19.2. The quantitative estimate of drug-likeness (QED) is 0.713. The summed E-state index contributed by atoms with van der Waals surface area (Å²) in [5.41, 5.74) is 1.09. The van der Waals surface area contributed by atoms with Crippen molar-refractivity contribution < 1.29 is 9.53 Å². The van der Waals surface area contributed by atoms with E-state index >= 15 is 0 Å². The number of carbonyl (C=O) groups is 1. The van der Waals surface area contributed by atoms with E-state index in [1.54, 1.807) is 6.20 Å². The fraction of sp³-hybridized carbons (Fsp3) is 0.636. The van der Waals surface area contributed by atoms with Crippen molar-refractivity contribution in [1.29, 1.82) is 0 Å². The summed E-state index contributed by atoms with van der Waals surface area (Å²) in [5, 5.41) is 9.98. The summed E-state index contributed by atoms with van der Waals surface area (Å²) < 4.78 is 5.20. The second-order valence-electron chi connectivity index (χ2n) is 4.17. The van der Waals surface area contributed by atoms with E-state index in [9.17, 15) is 4.79 Å². The first-order valence-corrected chi connectivity index (χ1v) is 5.67. The predicted octanol–water partition coefficient (Wildman–Crippen LogP) is 0.493. The Labute approximate surface area is 94.6 Å². The van der Waals surface area contributed by atoms with Gasteiger partial charge in [0.2, 0.25) is 0 Å². The summed E-state index contributed by atoms with van der Waals surface area (Å²) in [6, 6.07) is 0. The second kappa shape index (κ2) is 5.65. The lowest BCUT2D eigenvalue weighted by molar-refractivity contribution is -0.136. The van der Waals surface area contributed by atoms with Crippen LogP contribution >= 0.6 is 0 Å². The SMILES string of the molecule is O=COC(Cc1cn[nH]c1)C1CCNCC1. The Balaban J connectivity index is 1.95. The lowest BCUT2D eigenvalue weighted by Crippen LogP contribution is -2.36. The van der Waals surface area contributed by atoms with Gasteiger partial charge in [-0.15, -0.1) is 0 Å². The highest BCUT2D eigenvalue weighted by atomic mass is 16.5. The number of nitrogens with zero attached hydrogens (tertiary/aromatic N) is 1. The van der Waals surface area contributed by atoms with Gasteiger partial charge in [-0.2, -0.15) is 5.10 Å². The molecule has 1 aliphatic heterocycles. The van der Waals surface area contributed by atoms with Crippen LogP contribution in [0.4, 0.5) is 0 Å². The Morgan fingerprint density at radius 2 is 2.38 bits per heavy atom. The lowest BCUT2D eigenvalue weighted by atomic mass is 9.89. The van der Waals surface area contributed by atoms with Gasteiger partial charge in [0.1, 0.15) is 6.10 Å². The van der Waals surface area contributed by atoms with E-state index in [0.717, 1.165) is 37.9 Å². The molecule has 1 atom stereocenters. The van der Waals surface area contributed by atoms with Crippen molar-refractivity contribution in [1.82, 2.24) is 15.5 Å². The van der Waals surface area contributed by atoms with Gasteiger partial charge in [0.25, 0.3) is 6.47 Å². The van der Waals surface area contributed by atoms with Crippen molar-refractivity contribution >= 4 is 6.47 Å². The van der Waals surface area contributed by atoms with Crippen LogP contribution in [0.25, 0.3) is 0 Å². The third-order valence-corrected chi connectivity index (χ3v) is 3.13. The number of rotatable bonds is 5. The molecule has 2 rings (SSSR count). The zero-order chi connectivity index (χ0) is 11.2. The van der Waals surface area contributed by atoms with Gasteiger partial charge < -0.3 is 10.1 Å². The molecule has 0 amide bonds. The van der Waals surface area contributed by atoms with Gasteiger partial charge in [-0.1, -0.05) is 0 Å². The van der Waals surface area contributed by atoms with Gasteiger partial charge in [-0.05, 0) is 37.4 Å². The topological polar surface area (TPSA) is 67.0 Å². The van der Waals surface area contributed by atoms with Crippen molar-refractivity contribution in [2.75, 3.05) is 13.1 Å². The summed E-state index contributed by atoms with van der Waals surface area (Å²) in [4.78, 5) is 10.5. The van der Waals surface area contributed by atoms with E-state index in [-0.39, 0.29) is 6.10 Å². The molecular weight excluding hydrogens is 206 g/mol. The van der Waals surface area contributed by atoms with E-state index in [2.05, 4.69) is 15.5 Å². The van der Waals surface area contributed by atoms with Crippen LogP contribution < -0.4 is 5.32 Å². The monoisotopic (exact) mass is 223 g/mol. The molecule has 0 radical (unpaired) electrons. The summed E-state index contributed by atoms with van der Waals surface area (Å²) in [7, 11) is 0. The van der Waals surface area contributed by atoms with Gasteiger partial charge in [0.05, 0.1) is 6.20 Å². The Kier molecular flexibility index (Phi) is 3.93. The van der Waals surface area contributed by atoms with Crippen molar-refractivity contribution in [2.45, 2.75) is 25.4 Å². The zero-order valence-electron chi connectivity index (χ0n) is 9.19. The maximum absolute atomic E-state index is 10.5. The molecule has 88 valence electrons. The number of hydrogen-bond acceptors (Lipinski definition) is 4. The van der Waals surface area contributed by atoms with Crippen LogP contribution in [0.2, 0.25) is 0 Å². The Morgan fingerprint density at radius 3 is 3.00 bits per heavy atom. The maximum Gasteiger partial charge on any atom is 0.293 e. The molecule has 5 heteroatoms. The highest BCUT2D eigenvalue weighted by Gasteiger charge is 2.25. The number of piperidine rings is 1. The average molecular weight is 223 g/mol. The molecule has 1 aromatic rings. The predicted molar refractivity (Wildman–Crippen MR) is 58.8 cm³/mol. The molecule has 5 nitrogen and oxygen atoms in total. The summed E-state index contributed by atoms with van der Waals surface area (Å²) in [6.45, 7) is 2.58. The number of nitrogens with one attached hydrogen (secondary N) is 2. The van der Waals surface area contributed by atoms with E-state index in [0.29, 0.717) is 12.4 Å². The first-order chi connectivity index (χ1) is 7.90. The number of aromatic nitrogens is 2. The van der Waals surface area contributed by atoms with Gasteiger partial charge in [-0.3, -0.25) is 9.89 Å². The number of hydrogen-bond donors (Lipinski definition) is 2. The van der Waals surface area contributed by atoms with Crippen LogP contribution in [0, 0.1) is 5.92 Å². The summed E-state index contributed by atoms with van der Waals surface area (Å²) in [5.74, 6) is 0.460. The van der Waals surface area contributed by atoms with Crippen LogP contribution in [0.1, 0.15) is 18.4 Å². The molecule has 0 saturated carbocycles. The first-order valence-electron chi connectivity index (χ1n) is 5.67. The smallest absolute Gasteiger partial charge is 0.293 e. The highest BCUT2D eigenvalue weighted by Crippen LogP contribution is 2.21. The summed E-state index contributed by atoms with van der Waals surface area (Å²) in [6.07, 6.45) is 6.49. The molecule has 2 N–H and O–H groups in total. The van der Waals surface area contributed by atoms with E-state index in [4.69, 9.17) is 4.74 Å². The molecule has 1 aromatic heterocycles. The molecule has 0 aromatic carbocycles. The molecule has 2 heterocycles. The van der Waals surface area contributed by atoms with E-state index < -0.39 is 0 Å². The molecule has 0 bridgehead atoms. The molecular formula is C11H17N3O2. The lowest BCUT2D eigenvalue weighted by Gasteiger charge is -2.29. The molecule has 1 aliphatic rings. The van der Waals surface area contributed by atoms with E-state index in [1.807, 2.05) is 6.20 Å². The van der Waals surface area contributed by atoms with Gasteiger partial charge in [0, 0.05) is 12.6 Å². The number of carbonyl (C=O) groups excluding carboxylic acids is 1. The maximum atomic E-state index is 10.5. The van der Waals surface area contributed by atoms with Crippen LogP contribution in [-0.2, 0) is 16.0 Å². The fourth-order valence-electron chi connectivity index (χ4n) is 2.23. The minimum absolute atomic E-state index is 0.0165. The zero-order valence-corrected chi connectivity index (χ0v) is 9.19. The number of ether oxygens (including phenoxy) is 1. The van der Waals surface area contributed by atoms with Crippen LogP contribution in [0.15, 0.2) is 12.4 Å². The van der Waals surface area contributed by atoms with Gasteiger partial charge in [0.15, 0.2) is 0 Å². The average Bonchev–Trinajstić information content (AvgIpc) is 2.83. The summed E-state index contributed by atoms with van der Waals surface area (Å²) >= 11 is 0. The number of H-pyrrole nitrogens is 1. The molecule has 16 heavy (non-hydrogen) atoms. The standard InChI is InChI=1S/C11H17N3O2/c15-8-16-11(5-9-6-13-14-7-9)10-1-3-12-4-2-10/h6-8,10-12H,1-5H2,(H,13,14). The second-order valence-corrected chi connectivity index (χ2v) is 4.17. The van der Waals surface area contributed by atoms with Crippen molar-refractivity contribution in [3.63, 3.8) is 0 Å².